The summed E-state index contributed by atoms with van der Waals surface area (Å²) >= 11 is 6.03. The second kappa shape index (κ2) is 11.8. The Morgan fingerprint density at radius 1 is 0.885 bits per heavy atom. The van der Waals surface area contributed by atoms with Gasteiger partial charge in [-0.15, -0.1) is 24.8 Å². The third-order valence-electron chi connectivity index (χ3n) is 4.56. The predicted octanol–water partition coefficient (Wildman–Crippen LogP) is 4.54. The number of rotatable bonds is 6. The van der Waals surface area contributed by atoms with E-state index < -0.39 is 0 Å². The topological polar surface area (TPSA) is 15.7 Å². The van der Waals surface area contributed by atoms with E-state index >= 15 is 0 Å². The van der Waals surface area contributed by atoms with Gasteiger partial charge >= 0.3 is 0 Å². The van der Waals surface area contributed by atoms with Crippen molar-refractivity contribution in [1.82, 2.24) is 9.80 Å². The van der Waals surface area contributed by atoms with Crippen molar-refractivity contribution in [3.63, 3.8) is 0 Å². The number of piperazine rings is 1. The van der Waals surface area contributed by atoms with Crippen LogP contribution in [0.5, 0.6) is 0 Å². The smallest absolute Gasteiger partial charge is 0.108 e. The van der Waals surface area contributed by atoms with Gasteiger partial charge in [-0.05, 0) is 30.3 Å². The summed E-state index contributed by atoms with van der Waals surface area (Å²) in [6.45, 7) is 6.23. The molecule has 0 radical (unpaired) electrons. The van der Waals surface area contributed by atoms with Crippen molar-refractivity contribution >= 4 is 36.4 Å². The number of hydrogen-bond donors (Lipinski definition) is 0. The molecule has 26 heavy (non-hydrogen) atoms. The number of likely N-dealkylation sites (N-methyl/N-ethyl adjacent to an activating group) is 1. The Labute approximate surface area is 174 Å². The Hall–Kier alpha value is -0.810. The number of benzene rings is 2. The average molecular weight is 418 g/mol. The van der Waals surface area contributed by atoms with Gasteiger partial charge < -0.3 is 9.64 Å². The molecule has 6 heteroatoms. The van der Waals surface area contributed by atoms with Gasteiger partial charge in [0.05, 0.1) is 6.61 Å². The molecule has 0 N–H and O–H groups in total. The molecule has 144 valence electrons. The van der Waals surface area contributed by atoms with Gasteiger partial charge in [-0.3, -0.25) is 4.90 Å². The summed E-state index contributed by atoms with van der Waals surface area (Å²) in [6.07, 6.45) is -0.0454. The van der Waals surface area contributed by atoms with Crippen LogP contribution in [0.1, 0.15) is 17.2 Å². The maximum Gasteiger partial charge on any atom is 0.108 e. The summed E-state index contributed by atoms with van der Waals surface area (Å²) in [7, 11) is 2.18. The Bertz CT molecular complexity index is 617. The van der Waals surface area contributed by atoms with E-state index in [0.717, 1.165) is 49.9 Å². The van der Waals surface area contributed by atoms with Gasteiger partial charge in [-0.2, -0.15) is 0 Å². The van der Waals surface area contributed by atoms with Crippen molar-refractivity contribution in [3.05, 3.63) is 70.7 Å². The quantitative estimate of drug-likeness (QED) is 0.686. The van der Waals surface area contributed by atoms with Crippen molar-refractivity contribution in [2.75, 3.05) is 46.4 Å². The molecule has 2 aromatic carbocycles. The molecule has 1 unspecified atom stereocenters. The molecule has 0 bridgehead atoms. The van der Waals surface area contributed by atoms with E-state index in [1.165, 1.54) is 5.56 Å². The summed E-state index contributed by atoms with van der Waals surface area (Å²) in [5, 5.41) is 0.753. The Balaban J connectivity index is 0.00000169. The maximum absolute atomic E-state index is 6.29. The van der Waals surface area contributed by atoms with Crippen LogP contribution in [-0.4, -0.2) is 56.2 Å². The van der Waals surface area contributed by atoms with Crippen molar-refractivity contribution in [3.8, 4) is 0 Å². The van der Waals surface area contributed by atoms with E-state index in [9.17, 15) is 0 Å². The van der Waals surface area contributed by atoms with Crippen LogP contribution in [0.2, 0.25) is 5.02 Å². The summed E-state index contributed by atoms with van der Waals surface area (Å²) in [5.41, 5.74) is 2.32. The second-order valence-electron chi connectivity index (χ2n) is 6.36. The molecule has 0 amide bonds. The van der Waals surface area contributed by atoms with Crippen molar-refractivity contribution in [1.29, 1.82) is 0 Å². The van der Waals surface area contributed by atoms with Gasteiger partial charge in [0.15, 0.2) is 0 Å². The fourth-order valence-electron chi connectivity index (χ4n) is 3.02. The molecule has 0 saturated carbocycles. The lowest BCUT2D eigenvalue weighted by Crippen LogP contribution is -2.45. The van der Waals surface area contributed by atoms with Crippen LogP contribution in [0, 0.1) is 0 Å². The van der Waals surface area contributed by atoms with Crippen molar-refractivity contribution < 1.29 is 4.74 Å². The Morgan fingerprint density at radius 2 is 1.46 bits per heavy atom. The van der Waals surface area contributed by atoms with Gasteiger partial charge in [-0.1, -0.05) is 54.1 Å². The number of hydrogen-bond acceptors (Lipinski definition) is 3. The van der Waals surface area contributed by atoms with Crippen molar-refractivity contribution in [2.24, 2.45) is 0 Å². The second-order valence-corrected chi connectivity index (χ2v) is 6.79. The molecule has 2 aromatic rings. The molecular formula is C20H27Cl3N2O. The van der Waals surface area contributed by atoms with Gasteiger partial charge in [0, 0.05) is 37.7 Å². The average Bonchev–Trinajstić information content (AvgIpc) is 2.62. The SMILES string of the molecule is CN1CCN(CCOC(c2ccccc2)c2ccc(Cl)cc2)CC1.Cl.Cl. The molecule has 1 aliphatic heterocycles. The van der Waals surface area contributed by atoms with Crippen LogP contribution in [0.25, 0.3) is 0 Å². The van der Waals surface area contributed by atoms with Gasteiger partial charge in [-0.25, -0.2) is 0 Å². The fraction of sp³-hybridized carbons (Fsp3) is 0.400. The van der Waals surface area contributed by atoms with Crippen LogP contribution < -0.4 is 0 Å². The minimum atomic E-state index is -0.0454. The first-order chi connectivity index (χ1) is 11.7. The number of nitrogens with zero attached hydrogens (tertiary/aromatic N) is 2. The molecule has 1 aliphatic rings. The first kappa shape index (κ1) is 23.2. The minimum absolute atomic E-state index is 0. The van der Waals surface area contributed by atoms with E-state index in [0.29, 0.717) is 0 Å². The largest absolute Gasteiger partial charge is 0.367 e. The van der Waals surface area contributed by atoms with Crippen LogP contribution >= 0.6 is 36.4 Å². The summed E-state index contributed by atoms with van der Waals surface area (Å²) in [5.74, 6) is 0. The third kappa shape index (κ3) is 6.73. The molecule has 1 atom stereocenters. The molecule has 1 fully saturated rings. The van der Waals surface area contributed by atoms with E-state index in [-0.39, 0.29) is 30.9 Å². The van der Waals surface area contributed by atoms with Crippen molar-refractivity contribution in [2.45, 2.75) is 6.10 Å². The van der Waals surface area contributed by atoms with E-state index in [1.54, 1.807) is 0 Å². The Morgan fingerprint density at radius 3 is 2.08 bits per heavy atom. The van der Waals surface area contributed by atoms with Crippen LogP contribution in [0.3, 0.4) is 0 Å². The molecule has 0 spiro atoms. The molecule has 0 aliphatic carbocycles. The highest BCUT2D eigenvalue weighted by atomic mass is 35.5. The minimum Gasteiger partial charge on any atom is -0.367 e. The molecule has 3 nitrogen and oxygen atoms in total. The summed E-state index contributed by atoms with van der Waals surface area (Å²) in [4.78, 5) is 4.85. The van der Waals surface area contributed by atoms with E-state index in [1.807, 2.05) is 18.2 Å². The first-order valence-electron chi connectivity index (χ1n) is 8.55. The monoisotopic (exact) mass is 416 g/mol. The standard InChI is InChI=1S/C20H25ClN2O.2ClH/c1-22-11-13-23(14-12-22)15-16-24-20(17-5-3-2-4-6-17)18-7-9-19(21)10-8-18;;/h2-10,20H,11-16H2,1H3;2*1H. The highest BCUT2D eigenvalue weighted by molar-refractivity contribution is 6.30. The van der Waals surface area contributed by atoms with Crippen LogP contribution in [0.15, 0.2) is 54.6 Å². The Kier molecular flexibility index (Phi) is 10.6. The van der Waals surface area contributed by atoms with Gasteiger partial charge in [0.25, 0.3) is 0 Å². The lowest BCUT2D eigenvalue weighted by atomic mass is 10.0. The lowest BCUT2D eigenvalue weighted by molar-refractivity contribution is 0.0484. The van der Waals surface area contributed by atoms with E-state index in [4.69, 9.17) is 16.3 Å². The van der Waals surface area contributed by atoms with Crippen LogP contribution in [-0.2, 0) is 4.74 Å². The van der Waals surface area contributed by atoms with E-state index in [2.05, 4.69) is 53.2 Å². The van der Waals surface area contributed by atoms with Gasteiger partial charge in [0.1, 0.15) is 6.10 Å². The zero-order valence-corrected chi connectivity index (χ0v) is 17.4. The maximum atomic E-state index is 6.29. The highest BCUT2D eigenvalue weighted by Crippen LogP contribution is 2.27. The molecule has 3 rings (SSSR count). The number of halogens is 3. The summed E-state index contributed by atoms with van der Waals surface area (Å²) < 4.78 is 6.29. The third-order valence-corrected chi connectivity index (χ3v) is 4.81. The molecule has 1 saturated heterocycles. The fourth-order valence-corrected chi connectivity index (χ4v) is 3.15. The molecular weight excluding hydrogens is 391 g/mol. The van der Waals surface area contributed by atoms with Gasteiger partial charge in [0.2, 0.25) is 0 Å². The lowest BCUT2D eigenvalue weighted by Gasteiger charge is -2.32. The number of ether oxygens (including phenoxy) is 1. The normalized spacial score (nSPS) is 16.4. The first-order valence-corrected chi connectivity index (χ1v) is 8.93. The molecule has 0 aromatic heterocycles. The highest BCUT2D eigenvalue weighted by Gasteiger charge is 2.17. The predicted molar refractivity (Wildman–Crippen MR) is 114 cm³/mol. The zero-order chi connectivity index (χ0) is 16.8. The summed E-state index contributed by atoms with van der Waals surface area (Å²) in [6, 6.07) is 18.3. The van der Waals surface area contributed by atoms with Crippen LogP contribution in [0.4, 0.5) is 0 Å². The zero-order valence-electron chi connectivity index (χ0n) is 15.0. The molecule has 1 heterocycles.